The predicted octanol–water partition coefficient (Wildman–Crippen LogP) is 2.85. The molecule has 2 amide bonds. The molecule has 0 spiro atoms. The summed E-state index contributed by atoms with van der Waals surface area (Å²) in [5.41, 5.74) is 8.93. The van der Waals surface area contributed by atoms with Crippen molar-refractivity contribution in [1.82, 2.24) is 4.90 Å². The fraction of sp³-hybridized carbons (Fsp3) is 0.214. The van der Waals surface area contributed by atoms with E-state index < -0.39 is 11.6 Å². The predicted molar refractivity (Wildman–Crippen MR) is 145 cm³/mol. The highest BCUT2D eigenvalue weighted by molar-refractivity contribution is 6.32. The molecule has 1 aliphatic heterocycles. The van der Waals surface area contributed by atoms with Crippen LogP contribution < -0.4 is 21.8 Å². The Morgan fingerprint density at radius 1 is 1.06 bits per heavy atom. The van der Waals surface area contributed by atoms with Crippen molar-refractivity contribution in [1.29, 1.82) is 0 Å². The Morgan fingerprint density at radius 3 is 2.39 bits per heavy atom. The lowest BCUT2D eigenvalue weighted by Gasteiger charge is -2.28. The lowest BCUT2D eigenvalue weighted by molar-refractivity contribution is -0.121. The Kier molecular flexibility index (Phi) is 7.57. The third-order valence-corrected chi connectivity index (χ3v) is 6.17. The summed E-state index contributed by atoms with van der Waals surface area (Å²) >= 11 is 0. The number of aliphatic hydroxyl groups is 1. The van der Waals surface area contributed by atoms with Crippen LogP contribution in [0.4, 0.5) is 17.1 Å². The first-order valence-electron chi connectivity index (χ1n) is 11.8. The number of nitrogens with zero attached hydrogens (tertiary/aromatic N) is 1. The van der Waals surface area contributed by atoms with Gasteiger partial charge in [-0.3, -0.25) is 14.5 Å². The van der Waals surface area contributed by atoms with Crippen LogP contribution in [-0.2, 0) is 9.59 Å². The number of nitrogens with one attached hydrogen (secondary N) is 2. The van der Waals surface area contributed by atoms with Crippen LogP contribution in [0.5, 0.6) is 0 Å². The standard InChI is InChI=1S/C28H29BN4O3/c1-28(36)16-17-33(18-28)26(27(35)31-22-13-11-21(29)12-14-22)20-9-6-19(7-10-20)8-15-25(34)32-24-5-3-2-4-23(24)30/h2-15,26,36H,16-18,30H2,1H3,(H,31,35)(H,32,34)/b15-8+. The zero-order valence-corrected chi connectivity index (χ0v) is 20.1. The highest BCUT2D eigenvalue weighted by atomic mass is 16.3. The highest BCUT2D eigenvalue weighted by Crippen LogP contribution is 2.31. The average molecular weight is 480 g/mol. The average Bonchev–Trinajstić information content (AvgIpc) is 3.20. The van der Waals surface area contributed by atoms with Crippen molar-refractivity contribution >= 4 is 48.3 Å². The molecule has 8 heteroatoms. The van der Waals surface area contributed by atoms with E-state index in [2.05, 4.69) is 10.6 Å². The van der Waals surface area contributed by atoms with Crippen LogP contribution in [-0.4, -0.2) is 48.4 Å². The van der Waals surface area contributed by atoms with Crippen molar-refractivity contribution in [2.75, 3.05) is 29.5 Å². The van der Waals surface area contributed by atoms with E-state index in [1.54, 1.807) is 61.5 Å². The molecule has 36 heavy (non-hydrogen) atoms. The maximum absolute atomic E-state index is 13.4. The van der Waals surface area contributed by atoms with Crippen molar-refractivity contribution in [3.05, 3.63) is 90.0 Å². The van der Waals surface area contributed by atoms with Gasteiger partial charge in [0, 0.05) is 24.9 Å². The fourth-order valence-corrected chi connectivity index (χ4v) is 4.25. The summed E-state index contributed by atoms with van der Waals surface area (Å²) < 4.78 is 0. The number of carbonyl (C=O) groups is 2. The van der Waals surface area contributed by atoms with E-state index in [0.29, 0.717) is 42.0 Å². The smallest absolute Gasteiger partial charge is 0.248 e. The molecule has 0 aliphatic carbocycles. The molecule has 2 atom stereocenters. The second kappa shape index (κ2) is 10.8. The summed E-state index contributed by atoms with van der Waals surface area (Å²) in [4.78, 5) is 27.6. The molecule has 2 radical (unpaired) electrons. The van der Waals surface area contributed by atoms with Gasteiger partial charge in [-0.15, -0.1) is 0 Å². The van der Waals surface area contributed by atoms with Gasteiger partial charge in [-0.25, -0.2) is 0 Å². The van der Waals surface area contributed by atoms with Crippen molar-refractivity contribution < 1.29 is 14.7 Å². The molecule has 2 unspecified atom stereocenters. The summed E-state index contributed by atoms with van der Waals surface area (Å²) in [6, 6.07) is 20.9. The molecule has 7 nitrogen and oxygen atoms in total. The molecule has 3 aromatic rings. The van der Waals surface area contributed by atoms with Gasteiger partial charge in [0.25, 0.3) is 0 Å². The molecule has 1 aliphatic rings. The van der Waals surface area contributed by atoms with Gasteiger partial charge in [0.05, 0.1) is 17.0 Å². The van der Waals surface area contributed by atoms with Crippen LogP contribution in [0.25, 0.3) is 6.08 Å². The SMILES string of the molecule is [B]c1ccc(NC(=O)C(c2ccc(/C=C/C(=O)Nc3ccccc3N)cc2)N2CCC(C)(O)C2)cc1. The fourth-order valence-electron chi connectivity index (χ4n) is 4.25. The number of likely N-dealkylation sites (tertiary alicyclic amines) is 1. The molecule has 0 bridgehead atoms. The van der Waals surface area contributed by atoms with Crippen molar-refractivity contribution in [3.8, 4) is 0 Å². The zero-order chi connectivity index (χ0) is 25.7. The van der Waals surface area contributed by atoms with E-state index >= 15 is 0 Å². The Balaban J connectivity index is 1.49. The summed E-state index contributed by atoms with van der Waals surface area (Å²) in [5.74, 6) is -0.488. The molecule has 1 fully saturated rings. The van der Waals surface area contributed by atoms with Gasteiger partial charge in [0.1, 0.15) is 13.9 Å². The van der Waals surface area contributed by atoms with Crippen LogP contribution in [0.2, 0.25) is 0 Å². The molecule has 1 heterocycles. The number of nitrogen functional groups attached to an aromatic ring is 1. The summed E-state index contributed by atoms with van der Waals surface area (Å²) in [7, 11) is 5.76. The lowest BCUT2D eigenvalue weighted by atomic mass is 9.96. The third-order valence-electron chi connectivity index (χ3n) is 6.17. The molecule has 1 saturated heterocycles. The second-order valence-corrected chi connectivity index (χ2v) is 9.31. The first kappa shape index (κ1) is 25.2. The van der Waals surface area contributed by atoms with Gasteiger partial charge in [-0.2, -0.15) is 0 Å². The van der Waals surface area contributed by atoms with Crippen LogP contribution in [0, 0.1) is 0 Å². The number of hydrogen-bond donors (Lipinski definition) is 4. The van der Waals surface area contributed by atoms with Gasteiger partial charge in [-0.1, -0.05) is 54.0 Å². The number of rotatable bonds is 7. The van der Waals surface area contributed by atoms with Crippen LogP contribution in [0.15, 0.2) is 78.9 Å². The minimum absolute atomic E-state index is 0.194. The number of carbonyl (C=O) groups excluding carboxylic acids is 2. The van der Waals surface area contributed by atoms with Crippen molar-refractivity contribution in [2.45, 2.75) is 25.0 Å². The molecule has 0 saturated carbocycles. The molecular weight excluding hydrogens is 451 g/mol. The summed E-state index contributed by atoms with van der Waals surface area (Å²) in [6.45, 7) is 2.76. The maximum atomic E-state index is 13.4. The third kappa shape index (κ3) is 6.41. The largest absolute Gasteiger partial charge is 0.397 e. The van der Waals surface area contributed by atoms with Crippen molar-refractivity contribution in [3.63, 3.8) is 0 Å². The van der Waals surface area contributed by atoms with Gasteiger partial charge in [-0.05, 0) is 54.8 Å². The van der Waals surface area contributed by atoms with Gasteiger partial charge in [0.2, 0.25) is 11.8 Å². The van der Waals surface area contributed by atoms with E-state index in [4.69, 9.17) is 13.6 Å². The number of amides is 2. The Labute approximate surface area is 212 Å². The first-order chi connectivity index (χ1) is 17.2. The van der Waals surface area contributed by atoms with E-state index in [1.807, 2.05) is 29.2 Å². The Bertz CT molecular complexity index is 1260. The normalized spacial score (nSPS) is 18.7. The Morgan fingerprint density at radius 2 is 1.75 bits per heavy atom. The lowest BCUT2D eigenvalue weighted by Crippen LogP contribution is -2.38. The first-order valence-corrected chi connectivity index (χ1v) is 11.8. The number of anilines is 3. The molecule has 3 aromatic carbocycles. The quantitative estimate of drug-likeness (QED) is 0.236. The maximum Gasteiger partial charge on any atom is 0.248 e. The molecular formula is C28H29BN4O3. The topological polar surface area (TPSA) is 108 Å². The number of nitrogens with two attached hydrogens (primary N) is 1. The van der Waals surface area contributed by atoms with E-state index in [-0.39, 0.29) is 11.8 Å². The monoisotopic (exact) mass is 480 g/mol. The van der Waals surface area contributed by atoms with Crippen molar-refractivity contribution in [2.24, 2.45) is 0 Å². The van der Waals surface area contributed by atoms with Gasteiger partial charge in [0.15, 0.2) is 0 Å². The van der Waals surface area contributed by atoms with Crippen LogP contribution >= 0.6 is 0 Å². The molecule has 182 valence electrons. The van der Waals surface area contributed by atoms with E-state index in [9.17, 15) is 14.7 Å². The number of para-hydroxylation sites is 2. The minimum Gasteiger partial charge on any atom is -0.397 e. The summed E-state index contributed by atoms with van der Waals surface area (Å²) in [6.07, 6.45) is 3.72. The van der Waals surface area contributed by atoms with Gasteiger partial charge >= 0.3 is 0 Å². The van der Waals surface area contributed by atoms with Crippen LogP contribution in [0.1, 0.15) is 30.5 Å². The molecule has 5 N–H and O–H groups in total. The summed E-state index contributed by atoms with van der Waals surface area (Å²) in [5, 5.41) is 16.2. The molecule has 0 aromatic heterocycles. The highest BCUT2D eigenvalue weighted by Gasteiger charge is 2.38. The molecule has 4 rings (SSSR count). The van der Waals surface area contributed by atoms with Gasteiger partial charge < -0.3 is 21.5 Å². The van der Waals surface area contributed by atoms with E-state index in [1.165, 1.54) is 6.08 Å². The number of benzene rings is 3. The number of β-amino-alcohol motifs (C(OH)–C–C–N with tert-alkyl or cyclic N) is 1. The van der Waals surface area contributed by atoms with E-state index in [0.717, 1.165) is 11.1 Å². The zero-order valence-electron chi connectivity index (χ0n) is 20.1. The minimum atomic E-state index is -0.849. The van der Waals surface area contributed by atoms with Crippen LogP contribution in [0.3, 0.4) is 0 Å². The second-order valence-electron chi connectivity index (χ2n) is 9.31. The number of hydrogen-bond acceptors (Lipinski definition) is 5. The Hall–Kier alpha value is -3.88.